The number of anilines is 1. The van der Waals surface area contributed by atoms with Crippen molar-refractivity contribution in [1.29, 1.82) is 0 Å². The number of aromatic nitrogens is 3. The van der Waals surface area contributed by atoms with Gasteiger partial charge in [-0.25, -0.2) is 4.39 Å². The largest absolute Gasteiger partial charge is 0.325 e. The highest BCUT2D eigenvalue weighted by atomic mass is 32.2. The van der Waals surface area contributed by atoms with Crippen LogP contribution in [0.5, 0.6) is 0 Å². The van der Waals surface area contributed by atoms with Crippen LogP contribution in [0.1, 0.15) is 12.7 Å². The van der Waals surface area contributed by atoms with Crippen LogP contribution in [0.15, 0.2) is 29.4 Å². The fraction of sp³-hybridized carbons (Fsp3) is 0.308. The van der Waals surface area contributed by atoms with Gasteiger partial charge in [0, 0.05) is 12.2 Å². The molecule has 0 aliphatic carbocycles. The Bertz CT molecular complexity index is 614. The van der Waals surface area contributed by atoms with Gasteiger partial charge in [-0.2, -0.15) is 0 Å². The molecule has 0 bridgehead atoms. The van der Waals surface area contributed by atoms with E-state index in [1.165, 1.54) is 23.9 Å². The van der Waals surface area contributed by atoms with Crippen molar-refractivity contribution in [3.05, 3.63) is 35.9 Å². The van der Waals surface area contributed by atoms with Crippen LogP contribution in [0.4, 0.5) is 10.1 Å². The highest BCUT2D eigenvalue weighted by Crippen LogP contribution is 2.17. The minimum Gasteiger partial charge on any atom is -0.325 e. The zero-order chi connectivity index (χ0) is 14.5. The molecule has 1 amide bonds. The number of rotatable bonds is 5. The van der Waals surface area contributed by atoms with Crippen molar-refractivity contribution in [3.8, 4) is 0 Å². The molecule has 20 heavy (non-hydrogen) atoms. The van der Waals surface area contributed by atoms with Gasteiger partial charge >= 0.3 is 0 Å². The molecule has 0 fully saturated rings. The van der Waals surface area contributed by atoms with Gasteiger partial charge in [-0.1, -0.05) is 17.8 Å². The van der Waals surface area contributed by atoms with Crippen LogP contribution in [0.3, 0.4) is 0 Å². The minimum absolute atomic E-state index is 0.203. The van der Waals surface area contributed by atoms with Crippen molar-refractivity contribution < 1.29 is 9.18 Å². The van der Waals surface area contributed by atoms with E-state index in [0.29, 0.717) is 10.8 Å². The molecule has 0 unspecified atom stereocenters. The molecule has 1 aromatic heterocycles. The lowest BCUT2D eigenvalue weighted by Crippen LogP contribution is -2.14. The van der Waals surface area contributed by atoms with Gasteiger partial charge in [-0.3, -0.25) is 4.79 Å². The summed E-state index contributed by atoms with van der Waals surface area (Å²) in [5.41, 5.74) is 0.448. The Morgan fingerprint density at radius 1 is 1.45 bits per heavy atom. The van der Waals surface area contributed by atoms with Gasteiger partial charge in [0.15, 0.2) is 5.16 Å². The Morgan fingerprint density at radius 2 is 2.25 bits per heavy atom. The van der Waals surface area contributed by atoms with E-state index in [-0.39, 0.29) is 17.5 Å². The van der Waals surface area contributed by atoms with E-state index >= 15 is 0 Å². The predicted molar refractivity (Wildman–Crippen MR) is 76.2 cm³/mol. The Morgan fingerprint density at radius 3 is 2.95 bits per heavy atom. The number of halogens is 1. The van der Waals surface area contributed by atoms with Crippen LogP contribution in [0.25, 0.3) is 0 Å². The van der Waals surface area contributed by atoms with E-state index in [2.05, 4.69) is 15.5 Å². The molecule has 0 saturated carbocycles. The molecule has 2 rings (SSSR count). The van der Waals surface area contributed by atoms with Crippen molar-refractivity contribution in [2.24, 2.45) is 0 Å². The highest BCUT2D eigenvalue weighted by molar-refractivity contribution is 7.99. The number of hydrogen-bond donors (Lipinski definition) is 1. The van der Waals surface area contributed by atoms with Gasteiger partial charge in [-0.05, 0) is 32.0 Å². The van der Waals surface area contributed by atoms with Gasteiger partial charge in [0.2, 0.25) is 5.91 Å². The molecule has 106 valence electrons. The lowest BCUT2D eigenvalue weighted by atomic mass is 10.3. The third-order valence-electron chi connectivity index (χ3n) is 2.66. The quantitative estimate of drug-likeness (QED) is 0.861. The normalized spacial score (nSPS) is 10.6. The van der Waals surface area contributed by atoms with Crippen LogP contribution < -0.4 is 5.32 Å². The van der Waals surface area contributed by atoms with E-state index in [4.69, 9.17) is 0 Å². The molecule has 0 spiro atoms. The third-order valence-corrected chi connectivity index (χ3v) is 3.63. The van der Waals surface area contributed by atoms with Gasteiger partial charge in [0.05, 0.1) is 5.75 Å². The zero-order valence-corrected chi connectivity index (χ0v) is 12.1. The van der Waals surface area contributed by atoms with E-state index < -0.39 is 0 Å². The second-order valence-corrected chi connectivity index (χ2v) is 5.06. The first-order valence-corrected chi connectivity index (χ1v) is 7.16. The fourth-order valence-corrected chi connectivity index (χ4v) is 2.57. The van der Waals surface area contributed by atoms with E-state index in [9.17, 15) is 9.18 Å². The number of amides is 1. The monoisotopic (exact) mass is 294 g/mol. The first kappa shape index (κ1) is 14.5. The summed E-state index contributed by atoms with van der Waals surface area (Å²) in [6, 6.07) is 5.80. The Kier molecular flexibility index (Phi) is 4.73. The lowest BCUT2D eigenvalue weighted by molar-refractivity contribution is -0.113. The molecular weight excluding hydrogens is 279 g/mol. The topological polar surface area (TPSA) is 59.8 Å². The van der Waals surface area contributed by atoms with Gasteiger partial charge in [0.25, 0.3) is 0 Å². The summed E-state index contributed by atoms with van der Waals surface area (Å²) in [6.07, 6.45) is 0. The number of hydrogen-bond acceptors (Lipinski definition) is 4. The number of benzene rings is 1. The molecule has 0 radical (unpaired) electrons. The van der Waals surface area contributed by atoms with Gasteiger partial charge < -0.3 is 9.88 Å². The number of carbonyl (C=O) groups is 1. The maximum Gasteiger partial charge on any atom is 0.234 e. The Hall–Kier alpha value is -1.89. The summed E-state index contributed by atoms with van der Waals surface area (Å²) < 4.78 is 14.9. The van der Waals surface area contributed by atoms with Crippen molar-refractivity contribution in [3.63, 3.8) is 0 Å². The average Bonchev–Trinajstić information content (AvgIpc) is 2.77. The molecule has 0 aliphatic heterocycles. The van der Waals surface area contributed by atoms with Gasteiger partial charge in [0.1, 0.15) is 11.6 Å². The van der Waals surface area contributed by atoms with Gasteiger partial charge in [-0.15, -0.1) is 10.2 Å². The molecule has 5 nitrogen and oxygen atoms in total. The van der Waals surface area contributed by atoms with E-state index in [0.717, 1.165) is 12.4 Å². The van der Waals surface area contributed by atoms with Crippen LogP contribution in [0, 0.1) is 12.7 Å². The Labute approximate surface area is 120 Å². The molecule has 0 saturated heterocycles. The second kappa shape index (κ2) is 6.51. The first-order valence-electron chi connectivity index (χ1n) is 6.18. The maximum atomic E-state index is 13.0. The van der Waals surface area contributed by atoms with Crippen molar-refractivity contribution in [2.45, 2.75) is 25.5 Å². The van der Waals surface area contributed by atoms with Crippen LogP contribution in [-0.4, -0.2) is 26.4 Å². The van der Waals surface area contributed by atoms with Crippen molar-refractivity contribution in [2.75, 3.05) is 11.1 Å². The first-order chi connectivity index (χ1) is 9.60. The molecule has 1 heterocycles. The molecule has 7 heteroatoms. The zero-order valence-electron chi connectivity index (χ0n) is 11.3. The SMILES string of the molecule is CCn1c(C)nnc1SCC(=O)Nc1cccc(F)c1. The van der Waals surface area contributed by atoms with Crippen LogP contribution in [0.2, 0.25) is 0 Å². The summed E-state index contributed by atoms with van der Waals surface area (Å²) in [4.78, 5) is 11.8. The number of carbonyl (C=O) groups excluding carboxylic acids is 1. The lowest BCUT2D eigenvalue weighted by Gasteiger charge is -2.06. The smallest absolute Gasteiger partial charge is 0.234 e. The molecule has 1 N–H and O–H groups in total. The predicted octanol–water partition coefficient (Wildman–Crippen LogP) is 2.48. The maximum absolute atomic E-state index is 13.0. The second-order valence-electron chi connectivity index (χ2n) is 4.12. The standard InChI is InChI=1S/C13H15FN4OS/c1-3-18-9(2)16-17-13(18)20-8-12(19)15-11-6-4-5-10(14)7-11/h4-7H,3,8H2,1-2H3,(H,15,19). The molecule has 2 aromatic rings. The summed E-state index contributed by atoms with van der Waals surface area (Å²) in [5.74, 6) is 0.440. The molecule has 1 aromatic carbocycles. The van der Waals surface area contributed by atoms with Crippen LogP contribution >= 0.6 is 11.8 Å². The number of nitrogens with one attached hydrogen (secondary N) is 1. The number of aryl methyl sites for hydroxylation is 1. The minimum atomic E-state index is -0.378. The molecular formula is C13H15FN4OS. The average molecular weight is 294 g/mol. The fourth-order valence-electron chi connectivity index (χ4n) is 1.73. The van der Waals surface area contributed by atoms with E-state index in [1.807, 2.05) is 18.4 Å². The third kappa shape index (κ3) is 3.57. The van der Waals surface area contributed by atoms with E-state index in [1.54, 1.807) is 12.1 Å². The Balaban J connectivity index is 1.92. The summed E-state index contributed by atoms with van der Waals surface area (Å²) >= 11 is 1.31. The summed E-state index contributed by atoms with van der Waals surface area (Å²) in [6.45, 7) is 4.62. The highest BCUT2D eigenvalue weighted by Gasteiger charge is 2.10. The van der Waals surface area contributed by atoms with Crippen molar-refractivity contribution in [1.82, 2.24) is 14.8 Å². The molecule has 0 aliphatic rings. The number of nitrogens with zero attached hydrogens (tertiary/aromatic N) is 3. The van der Waals surface area contributed by atoms with Crippen LogP contribution in [-0.2, 0) is 11.3 Å². The molecule has 0 atom stereocenters. The summed E-state index contributed by atoms with van der Waals surface area (Å²) in [7, 11) is 0. The van der Waals surface area contributed by atoms with Crippen molar-refractivity contribution >= 4 is 23.4 Å². The summed E-state index contributed by atoms with van der Waals surface area (Å²) in [5, 5.41) is 11.3. The number of thioether (sulfide) groups is 1.